The first-order valence-electron chi connectivity index (χ1n) is 12.3. The van der Waals surface area contributed by atoms with Crippen LogP contribution in [0.15, 0.2) is 29.2 Å². The van der Waals surface area contributed by atoms with Gasteiger partial charge in [0.05, 0.1) is 11.7 Å². The second-order valence-corrected chi connectivity index (χ2v) is 10.2. The standard InChI is InChI=1S/C26H35ClN6O2/c1-6-32(20-9-7-19(8-10-20)31(4)5)24-13-18(27)12-22(17(24)3)25(34)28-15-23-16(2)11-21-14-29-30-33(21)26(23)35/h11-14,19-20,30H,6-10,15H2,1-5H3,(H,28,34). The highest BCUT2D eigenvalue weighted by Gasteiger charge is 2.28. The number of halogens is 1. The molecule has 2 aromatic heterocycles. The van der Waals surface area contributed by atoms with Crippen LogP contribution in [-0.2, 0) is 6.54 Å². The van der Waals surface area contributed by atoms with Crippen molar-refractivity contribution in [2.45, 2.75) is 65.1 Å². The number of carbonyl (C=O) groups excluding carboxylic acids is 1. The number of pyridine rings is 1. The Morgan fingerprint density at radius 3 is 2.51 bits per heavy atom. The molecule has 1 aliphatic rings. The number of hydrogen-bond donors (Lipinski definition) is 2. The summed E-state index contributed by atoms with van der Waals surface area (Å²) in [6.07, 6.45) is 6.15. The number of aromatic amines is 1. The normalized spacial score (nSPS) is 18.3. The average Bonchev–Trinajstić information content (AvgIpc) is 3.30. The van der Waals surface area contributed by atoms with E-state index in [0.29, 0.717) is 33.7 Å². The molecule has 2 N–H and O–H groups in total. The molecule has 1 aliphatic carbocycles. The van der Waals surface area contributed by atoms with Gasteiger partial charge in [-0.05, 0) is 89.9 Å². The van der Waals surface area contributed by atoms with Crippen molar-refractivity contribution in [2.75, 3.05) is 25.5 Å². The highest BCUT2D eigenvalue weighted by molar-refractivity contribution is 6.31. The van der Waals surface area contributed by atoms with Crippen LogP contribution >= 0.6 is 11.6 Å². The van der Waals surface area contributed by atoms with Crippen molar-refractivity contribution in [2.24, 2.45) is 0 Å². The summed E-state index contributed by atoms with van der Waals surface area (Å²) in [7, 11) is 4.30. The summed E-state index contributed by atoms with van der Waals surface area (Å²) in [6, 6.07) is 6.61. The molecule has 0 radical (unpaired) electrons. The first-order chi connectivity index (χ1) is 16.7. The van der Waals surface area contributed by atoms with Crippen LogP contribution < -0.4 is 15.8 Å². The number of carbonyl (C=O) groups is 1. The number of aromatic nitrogens is 3. The van der Waals surface area contributed by atoms with Crippen LogP contribution in [0.4, 0.5) is 5.69 Å². The lowest BCUT2D eigenvalue weighted by Crippen LogP contribution is -2.42. The van der Waals surface area contributed by atoms with E-state index in [1.807, 2.05) is 26.0 Å². The highest BCUT2D eigenvalue weighted by Crippen LogP contribution is 2.34. The van der Waals surface area contributed by atoms with Gasteiger partial charge in [-0.2, -0.15) is 5.10 Å². The number of nitrogens with one attached hydrogen (secondary N) is 2. The van der Waals surface area contributed by atoms with Gasteiger partial charge >= 0.3 is 0 Å². The molecule has 1 saturated carbocycles. The van der Waals surface area contributed by atoms with E-state index < -0.39 is 0 Å². The summed E-state index contributed by atoms with van der Waals surface area (Å²) in [6.45, 7) is 6.96. The fourth-order valence-electron chi connectivity index (χ4n) is 5.33. The minimum absolute atomic E-state index is 0.124. The number of rotatable bonds is 7. The van der Waals surface area contributed by atoms with Gasteiger partial charge in [-0.1, -0.05) is 11.6 Å². The fourth-order valence-corrected chi connectivity index (χ4v) is 5.55. The van der Waals surface area contributed by atoms with Gasteiger partial charge in [0.15, 0.2) is 0 Å². The molecule has 0 unspecified atom stereocenters. The first kappa shape index (κ1) is 25.3. The number of benzene rings is 1. The average molecular weight is 499 g/mol. The second-order valence-electron chi connectivity index (χ2n) is 9.72. The van der Waals surface area contributed by atoms with E-state index in [-0.39, 0.29) is 18.0 Å². The number of fused-ring (bicyclic) bond motifs is 1. The highest BCUT2D eigenvalue weighted by atomic mass is 35.5. The molecule has 3 aromatic rings. The second kappa shape index (κ2) is 10.4. The summed E-state index contributed by atoms with van der Waals surface area (Å²) in [4.78, 5) is 30.8. The molecule has 1 fully saturated rings. The van der Waals surface area contributed by atoms with Gasteiger partial charge in [0.25, 0.3) is 11.5 Å². The molecule has 35 heavy (non-hydrogen) atoms. The molecule has 0 bridgehead atoms. The van der Waals surface area contributed by atoms with Crippen molar-refractivity contribution in [3.63, 3.8) is 0 Å². The van der Waals surface area contributed by atoms with Gasteiger partial charge in [-0.3, -0.25) is 9.59 Å². The maximum absolute atomic E-state index is 13.3. The molecule has 188 valence electrons. The quantitative estimate of drug-likeness (QED) is 0.515. The molecule has 0 spiro atoms. The van der Waals surface area contributed by atoms with Crippen LogP contribution in [-0.4, -0.2) is 58.4 Å². The molecule has 0 aliphatic heterocycles. The SMILES string of the molecule is CCN(c1cc(Cl)cc(C(=O)NCc2c(C)cc3cn[nH]n3c2=O)c1C)C1CCC(N(C)C)CC1. The van der Waals surface area contributed by atoms with Gasteiger partial charge < -0.3 is 15.1 Å². The Labute approximate surface area is 211 Å². The van der Waals surface area contributed by atoms with E-state index in [1.165, 1.54) is 4.52 Å². The largest absolute Gasteiger partial charge is 0.369 e. The van der Waals surface area contributed by atoms with Crippen molar-refractivity contribution < 1.29 is 4.79 Å². The molecule has 2 heterocycles. The van der Waals surface area contributed by atoms with E-state index in [4.69, 9.17) is 11.6 Å². The zero-order valence-corrected chi connectivity index (χ0v) is 21.9. The molecule has 4 rings (SSSR count). The third-order valence-corrected chi connectivity index (χ3v) is 7.64. The molecule has 8 nitrogen and oxygen atoms in total. The number of nitrogens with zero attached hydrogens (tertiary/aromatic N) is 4. The molecule has 0 atom stereocenters. The van der Waals surface area contributed by atoms with Crippen LogP contribution in [0.25, 0.3) is 5.52 Å². The third kappa shape index (κ3) is 5.09. The van der Waals surface area contributed by atoms with Gasteiger partial charge in [0.1, 0.15) is 0 Å². The Balaban J connectivity index is 1.55. The fraction of sp³-hybridized carbons (Fsp3) is 0.500. The Morgan fingerprint density at radius 2 is 1.86 bits per heavy atom. The molecule has 1 aromatic carbocycles. The van der Waals surface area contributed by atoms with E-state index >= 15 is 0 Å². The lowest BCUT2D eigenvalue weighted by atomic mass is 9.89. The van der Waals surface area contributed by atoms with Crippen molar-refractivity contribution in [3.05, 3.63) is 62.0 Å². The number of amides is 1. The Hall–Kier alpha value is -2.84. The van der Waals surface area contributed by atoms with Gasteiger partial charge in [0.2, 0.25) is 0 Å². The van der Waals surface area contributed by atoms with E-state index in [9.17, 15) is 9.59 Å². The Kier molecular flexibility index (Phi) is 7.52. The predicted octanol–water partition coefficient (Wildman–Crippen LogP) is 3.92. The van der Waals surface area contributed by atoms with E-state index in [1.54, 1.807) is 12.3 Å². The van der Waals surface area contributed by atoms with Crippen molar-refractivity contribution >= 4 is 28.7 Å². The zero-order chi connectivity index (χ0) is 25.3. The van der Waals surface area contributed by atoms with Crippen LogP contribution in [0.2, 0.25) is 5.02 Å². The summed E-state index contributed by atoms with van der Waals surface area (Å²) < 4.78 is 1.38. The molecular formula is C26H35ClN6O2. The van der Waals surface area contributed by atoms with Gasteiger partial charge in [0, 0.05) is 47.0 Å². The molecule has 1 amide bonds. The maximum atomic E-state index is 13.3. The van der Waals surface area contributed by atoms with E-state index in [2.05, 4.69) is 46.4 Å². The summed E-state index contributed by atoms with van der Waals surface area (Å²) in [5.74, 6) is -0.243. The predicted molar refractivity (Wildman–Crippen MR) is 141 cm³/mol. The zero-order valence-electron chi connectivity index (χ0n) is 21.2. The minimum atomic E-state index is -0.243. The van der Waals surface area contributed by atoms with Crippen molar-refractivity contribution in [1.29, 1.82) is 0 Å². The van der Waals surface area contributed by atoms with Gasteiger partial charge in [-0.15, -0.1) is 0 Å². The third-order valence-electron chi connectivity index (χ3n) is 7.42. The number of aryl methyl sites for hydroxylation is 1. The summed E-state index contributed by atoms with van der Waals surface area (Å²) in [5.41, 5.74) is 4.25. The number of hydrogen-bond acceptors (Lipinski definition) is 5. The first-order valence-corrected chi connectivity index (χ1v) is 12.6. The van der Waals surface area contributed by atoms with Crippen molar-refractivity contribution in [1.82, 2.24) is 25.0 Å². The summed E-state index contributed by atoms with van der Waals surface area (Å²) in [5, 5.41) is 10.1. The Bertz CT molecular complexity index is 1270. The maximum Gasteiger partial charge on any atom is 0.276 e. The molecule has 9 heteroatoms. The topological polar surface area (TPSA) is 85.7 Å². The van der Waals surface area contributed by atoms with E-state index in [0.717, 1.165) is 49.0 Å². The van der Waals surface area contributed by atoms with Crippen molar-refractivity contribution in [3.8, 4) is 0 Å². The van der Waals surface area contributed by atoms with Crippen LogP contribution in [0.3, 0.4) is 0 Å². The van der Waals surface area contributed by atoms with Gasteiger partial charge in [-0.25, -0.2) is 9.73 Å². The minimum Gasteiger partial charge on any atom is -0.369 e. The molecule has 0 saturated heterocycles. The van der Waals surface area contributed by atoms with Crippen LogP contribution in [0.1, 0.15) is 59.7 Å². The lowest BCUT2D eigenvalue weighted by molar-refractivity contribution is 0.0950. The smallest absolute Gasteiger partial charge is 0.276 e. The number of H-pyrrole nitrogens is 1. The van der Waals surface area contributed by atoms with Crippen LogP contribution in [0.5, 0.6) is 0 Å². The number of anilines is 1. The molecular weight excluding hydrogens is 464 g/mol. The summed E-state index contributed by atoms with van der Waals surface area (Å²) >= 11 is 6.51. The monoisotopic (exact) mass is 498 g/mol. The Morgan fingerprint density at radius 1 is 1.17 bits per heavy atom. The lowest BCUT2D eigenvalue weighted by Gasteiger charge is -2.40. The van der Waals surface area contributed by atoms with Crippen LogP contribution in [0, 0.1) is 13.8 Å².